The smallest absolute Gasteiger partial charge is 0.0641 e. The molecule has 0 N–H and O–H groups in total. The summed E-state index contributed by atoms with van der Waals surface area (Å²) >= 11 is 0. The van der Waals surface area contributed by atoms with Gasteiger partial charge in [0.25, 0.3) is 0 Å². The fourth-order valence-electron chi connectivity index (χ4n) is 14.6. The zero-order valence-electron chi connectivity index (χ0n) is 46.7. The largest absolute Gasteiger partial charge is 0.310 e. The zero-order chi connectivity index (χ0) is 52.9. The van der Waals surface area contributed by atoms with Crippen molar-refractivity contribution in [3.63, 3.8) is 0 Å². The van der Waals surface area contributed by atoms with Crippen molar-refractivity contribution in [2.45, 2.75) is 118 Å². The Morgan fingerprint density at radius 3 is 1.87 bits per heavy atom. The first kappa shape index (κ1) is 47.3. The lowest BCUT2D eigenvalue weighted by molar-refractivity contribution is 0.594. The summed E-state index contributed by atoms with van der Waals surface area (Å²) in [7, 11) is 0. The average molecular weight is 1010 g/mol. The summed E-state index contributed by atoms with van der Waals surface area (Å²) in [5.41, 5.74) is 29.6. The van der Waals surface area contributed by atoms with E-state index >= 15 is 0 Å². The molecule has 2 heterocycles. The van der Waals surface area contributed by atoms with Crippen LogP contribution in [0, 0.1) is 13.8 Å². The Kier molecular flexibility index (Phi) is 10.5. The molecule has 2 heteroatoms. The number of anilines is 3. The molecule has 382 valence electrons. The van der Waals surface area contributed by atoms with Gasteiger partial charge in [0.15, 0.2) is 0 Å². The summed E-state index contributed by atoms with van der Waals surface area (Å²) in [4.78, 5) is 2.55. The van der Waals surface area contributed by atoms with Crippen LogP contribution in [0.25, 0.3) is 82.4 Å². The van der Waals surface area contributed by atoms with E-state index in [1.54, 1.807) is 0 Å². The zero-order valence-corrected chi connectivity index (χ0v) is 46.7. The van der Waals surface area contributed by atoms with E-state index in [-0.39, 0.29) is 10.8 Å². The van der Waals surface area contributed by atoms with Crippen LogP contribution in [0.2, 0.25) is 0 Å². The first-order chi connectivity index (χ1) is 37.7. The number of aryl methyl sites for hydroxylation is 6. The summed E-state index contributed by atoms with van der Waals surface area (Å²) in [6.07, 6.45) is 11.3. The molecular weight excluding hydrogens is 941 g/mol. The lowest BCUT2D eigenvalue weighted by atomic mass is 9.80. The lowest BCUT2D eigenvalue weighted by Crippen LogP contribution is -2.12. The fraction of sp³-hybridized carbons (Fsp3) is 0.237. The van der Waals surface area contributed by atoms with Crippen molar-refractivity contribution < 1.29 is 0 Å². The Labute approximate surface area is 460 Å². The van der Waals surface area contributed by atoms with Gasteiger partial charge in [0.1, 0.15) is 0 Å². The van der Waals surface area contributed by atoms with E-state index in [2.05, 4.69) is 235 Å². The highest BCUT2D eigenvalue weighted by Gasteiger charge is 2.31. The summed E-state index contributed by atoms with van der Waals surface area (Å²) in [6.45, 7) is 18.7. The summed E-state index contributed by atoms with van der Waals surface area (Å²) in [6, 6.07) is 64.8. The maximum absolute atomic E-state index is 2.69. The van der Waals surface area contributed by atoms with Gasteiger partial charge in [-0.3, -0.25) is 0 Å². The number of nitrogens with zero attached hydrogens (tertiary/aromatic N) is 2. The molecular formula is C76H68N2. The molecule has 0 fully saturated rings. The minimum Gasteiger partial charge on any atom is -0.310 e. The maximum atomic E-state index is 2.69. The van der Waals surface area contributed by atoms with Gasteiger partial charge in [-0.25, -0.2) is 0 Å². The number of para-hydroxylation sites is 1. The number of allylic oxidation sites excluding steroid dienone is 1. The second-order valence-electron chi connectivity index (χ2n) is 25.6. The fourth-order valence-corrected chi connectivity index (χ4v) is 14.6. The van der Waals surface area contributed by atoms with E-state index in [1.807, 2.05) is 0 Å². The Bertz CT molecular complexity index is 4500. The van der Waals surface area contributed by atoms with Crippen LogP contribution in [-0.2, 0) is 49.4 Å². The molecule has 0 amide bonds. The third-order valence-corrected chi connectivity index (χ3v) is 18.4. The molecule has 0 saturated heterocycles. The molecule has 15 rings (SSSR count). The third-order valence-electron chi connectivity index (χ3n) is 18.4. The molecule has 0 aliphatic heterocycles. The van der Waals surface area contributed by atoms with Gasteiger partial charge in [0, 0.05) is 32.9 Å². The summed E-state index contributed by atoms with van der Waals surface area (Å²) in [5, 5.41) is 10.8. The van der Waals surface area contributed by atoms with E-state index in [0.29, 0.717) is 0 Å². The van der Waals surface area contributed by atoms with Crippen LogP contribution < -0.4 is 4.90 Å². The first-order valence-electron chi connectivity index (χ1n) is 28.9. The lowest BCUT2D eigenvalue weighted by Gasteiger charge is -2.27. The standard InChI is InChI=1S/C76H68N2/c1-45-21-26-50(27-22-45)54(38-47-25-28-48-13-9-15-51(48)37-47)39-53-30-34-59-63-44-69-64(42-55(63)40-56-43-65(59)70(53)61-17-11-19-66(71(56)61)75(3,4)5)60-35-36-68(72-62-18-12-20-67(76(6,7)8)73(62)78(69)74(60)72)77(57-31-23-46(2)24-32-57)58-33-29-49-14-10-16-52(49)41-58/h11-12,17-38,41-44H,9-10,13-16,39-40H2,1-8H3/b54-38-. The van der Waals surface area contributed by atoms with Gasteiger partial charge in [-0.1, -0.05) is 174 Å². The van der Waals surface area contributed by atoms with E-state index in [4.69, 9.17) is 0 Å². The number of fused-ring (bicyclic) bond motifs is 14. The van der Waals surface area contributed by atoms with Gasteiger partial charge in [-0.2, -0.15) is 0 Å². The van der Waals surface area contributed by atoms with Gasteiger partial charge in [0.2, 0.25) is 0 Å². The molecule has 0 atom stereocenters. The summed E-state index contributed by atoms with van der Waals surface area (Å²) in [5.74, 6) is 0. The van der Waals surface area contributed by atoms with E-state index in [0.717, 1.165) is 19.3 Å². The Hall–Kier alpha value is -7.94. The third kappa shape index (κ3) is 7.35. The van der Waals surface area contributed by atoms with Gasteiger partial charge < -0.3 is 9.30 Å². The highest BCUT2D eigenvalue weighted by atomic mass is 15.1. The molecule has 2 nitrogen and oxygen atoms in total. The minimum atomic E-state index is -0.1000. The number of aromatic nitrogens is 1. The minimum absolute atomic E-state index is 0.0516. The van der Waals surface area contributed by atoms with Crippen LogP contribution >= 0.6 is 0 Å². The average Bonchev–Trinajstić information content (AvgIpc) is 4.20. The van der Waals surface area contributed by atoms with Crippen molar-refractivity contribution in [2.75, 3.05) is 4.90 Å². The molecule has 12 aromatic rings. The van der Waals surface area contributed by atoms with Crippen molar-refractivity contribution >= 4 is 88.4 Å². The number of hydrogen-bond donors (Lipinski definition) is 0. The maximum Gasteiger partial charge on any atom is 0.0641 e. The van der Waals surface area contributed by atoms with E-state index < -0.39 is 0 Å². The molecule has 10 aromatic carbocycles. The van der Waals surface area contributed by atoms with Gasteiger partial charge in [-0.15, -0.1) is 0 Å². The number of hydrogen-bond acceptors (Lipinski definition) is 1. The SMILES string of the molecule is Cc1ccc(/C(=C\c2ccc3c(c2)CCC3)Cc2ccc3c4cc(c5c(C(C)(C)C)cccc5c24)Cc2cc4c5ccc(N(c6ccc(C)cc6)c6ccc7c(c6)CCC7)c6c7cccc(C(C)(C)C)c7n(c4cc2-3)c56)cc1. The van der Waals surface area contributed by atoms with Crippen molar-refractivity contribution in [3.05, 3.63) is 236 Å². The van der Waals surface area contributed by atoms with Crippen LogP contribution in [-0.4, -0.2) is 4.40 Å². The van der Waals surface area contributed by atoms with E-state index in [1.165, 1.54) is 198 Å². The van der Waals surface area contributed by atoms with Crippen molar-refractivity contribution in [3.8, 4) is 11.1 Å². The van der Waals surface area contributed by atoms with Gasteiger partial charge in [0.05, 0.1) is 22.2 Å². The molecule has 0 spiro atoms. The number of rotatable bonds is 7. The van der Waals surface area contributed by atoms with Gasteiger partial charge in [-0.05, 0) is 224 Å². The van der Waals surface area contributed by atoms with Crippen molar-refractivity contribution in [1.82, 2.24) is 4.40 Å². The monoisotopic (exact) mass is 1010 g/mol. The molecule has 78 heavy (non-hydrogen) atoms. The molecule has 3 aliphatic rings. The normalized spacial score (nSPS) is 14.4. The highest BCUT2D eigenvalue weighted by molar-refractivity contribution is 6.28. The van der Waals surface area contributed by atoms with Crippen LogP contribution in [0.4, 0.5) is 17.1 Å². The van der Waals surface area contributed by atoms with Crippen molar-refractivity contribution in [2.24, 2.45) is 0 Å². The second-order valence-corrected chi connectivity index (χ2v) is 25.6. The van der Waals surface area contributed by atoms with Crippen LogP contribution in [0.3, 0.4) is 0 Å². The van der Waals surface area contributed by atoms with Gasteiger partial charge >= 0.3 is 0 Å². The number of benzene rings is 10. The Morgan fingerprint density at radius 1 is 0.474 bits per heavy atom. The quantitative estimate of drug-likeness (QED) is 0.114. The topological polar surface area (TPSA) is 7.65 Å². The highest BCUT2D eigenvalue weighted by Crippen LogP contribution is 2.52. The predicted octanol–water partition coefficient (Wildman–Crippen LogP) is 20.2. The first-order valence-corrected chi connectivity index (χ1v) is 28.9. The van der Waals surface area contributed by atoms with Crippen molar-refractivity contribution in [1.29, 1.82) is 0 Å². The summed E-state index contributed by atoms with van der Waals surface area (Å²) < 4.78 is 2.69. The molecule has 2 aromatic heterocycles. The molecule has 2 bridgehead atoms. The Morgan fingerprint density at radius 2 is 1.13 bits per heavy atom. The Balaban J connectivity index is 0.996. The molecule has 0 unspecified atom stereocenters. The van der Waals surface area contributed by atoms with Crippen LogP contribution in [0.5, 0.6) is 0 Å². The van der Waals surface area contributed by atoms with Crippen LogP contribution in [0.1, 0.15) is 127 Å². The molecule has 0 radical (unpaired) electrons. The predicted molar refractivity (Wildman–Crippen MR) is 334 cm³/mol. The molecule has 0 saturated carbocycles. The van der Waals surface area contributed by atoms with E-state index in [9.17, 15) is 0 Å². The molecule has 3 aliphatic carbocycles. The van der Waals surface area contributed by atoms with Crippen LogP contribution in [0.15, 0.2) is 164 Å². The second kappa shape index (κ2) is 17.3.